The van der Waals surface area contributed by atoms with Gasteiger partial charge in [-0.1, -0.05) is 51.1 Å². The summed E-state index contributed by atoms with van der Waals surface area (Å²) in [5.74, 6) is 0.315. The van der Waals surface area contributed by atoms with Gasteiger partial charge in [-0.25, -0.2) is 0 Å². The summed E-state index contributed by atoms with van der Waals surface area (Å²) in [5, 5.41) is 0. The molecule has 1 aromatic carbocycles. The van der Waals surface area contributed by atoms with Crippen molar-refractivity contribution in [1.82, 2.24) is 0 Å². The van der Waals surface area contributed by atoms with Crippen molar-refractivity contribution in [3.05, 3.63) is 43.6 Å². The molecule has 1 atom stereocenters. The summed E-state index contributed by atoms with van der Waals surface area (Å²) >= 11 is -1.87. The van der Waals surface area contributed by atoms with Gasteiger partial charge in [0.25, 0.3) is 0 Å². The van der Waals surface area contributed by atoms with E-state index in [4.69, 9.17) is 9.30 Å². The van der Waals surface area contributed by atoms with E-state index < -0.39 is 11.1 Å². The Morgan fingerprint density at radius 1 is 1.05 bits per heavy atom. The van der Waals surface area contributed by atoms with E-state index in [2.05, 4.69) is 58.3 Å². The summed E-state index contributed by atoms with van der Waals surface area (Å²) in [4.78, 5) is 0. The Balaban J connectivity index is -0.000000134. The first kappa shape index (κ1) is 29.5. The first-order valence-corrected chi connectivity index (χ1v) is 7.64. The Morgan fingerprint density at radius 3 is 1.59 bits per heavy atom. The summed E-state index contributed by atoms with van der Waals surface area (Å²) in [7, 11) is 0. The van der Waals surface area contributed by atoms with Gasteiger partial charge in [-0.05, 0) is 11.8 Å². The molecule has 0 spiro atoms. The average molecular weight is 364 g/mol. The van der Waals surface area contributed by atoms with Gasteiger partial charge in [-0.2, -0.15) is 0 Å². The molecule has 0 amide bonds. The predicted octanol–water partition coefficient (Wildman–Crippen LogP) is 3.00. The molecule has 0 saturated heterocycles. The minimum Gasteiger partial charge on any atom is -0.999 e. The van der Waals surface area contributed by atoms with Gasteiger partial charge in [0.2, 0.25) is 0 Å². The van der Waals surface area contributed by atoms with Crippen LogP contribution < -0.4 is 0 Å². The van der Waals surface area contributed by atoms with Crippen LogP contribution in [0, 0.1) is 43.0 Å². The van der Waals surface area contributed by atoms with Gasteiger partial charge in [0.15, 0.2) is 0 Å². The Labute approximate surface area is 147 Å². The molecule has 0 heterocycles. The minimum atomic E-state index is -1.87. The second kappa shape index (κ2) is 22.7. The van der Waals surface area contributed by atoms with Gasteiger partial charge >= 0.3 is 22.6 Å². The standard InChI is InChI=1S/C9H20O2S.C5H.2CO.Fe/c1-4-9(5-2,6-3)7-8-12(10)11;1-2-4-5-3-1;2*1-2;/h4-8H2,1-3H3,(H,10,11);1H;;;/q;-5;;;/p-1. The molecule has 0 aliphatic rings. The molecule has 1 aromatic rings. The van der Waals surface area contributed by atoms with E-state index in [9.17, 15) is 8.76 Å². The maximum Gasteiger partial charge on any atom is 0 e. The molecule has 0 aromatic heterocycles. The van der Waals surface area contributed by atoms with E-state index in [1.165, 1.54) is 0 Å². The Kier molecular flexibility index (Phi) is 30.5. The van der Waals surface area contributed by atoms with E-state index in [0.717, 1.165) is 25.7 Å². The van der Waals surface area contributed by atoms with Gasteiger partial charge in [-0.15, -0.1) is 0 Å². The zero-order valence-corrected chi connectivity index (χ0v) is 14.9. The van der Waals surface area contributed by atoms with Gasteiger partial charge in [0.05, 0.1) is 0 Å². The van der Waals surface area contributed by atoms with E-state index in [-0.39, 0.29) is 22.5 Å². The van der Waals surface area contributed by atoms with Crippen molar-refractivity contribution >= 4 is 11.1 Å². The summed E-state index contributed by atoms with van der Waals surface area (Å²) in [6, 6.07) is 12.0. The Morgan fingerprint density at radius 2 is 1.41 bits per heavy atom. The monoisotopic (exact) mass is 364 g/mol. The smallest absolute Gasteiger partial charge is 0 e. The third-order valence-corrected chi connectivity index (χ3v) is 3.94. The van der Waals surface area contributed by atoms with Crippen LogP contribution in [0.5, 0.6) is 0 Å². The van der Waals surface area contributed by atoms with Crippen molar-refractivity contribution in [3.63, 3.8) is 0 Å². The van der Waals surface area contributed by atoms with Crippen molar-refractivity contribution in [2.24, 2.45) is 5.41 Å². The quantitative estimate of drug-likeness (QED) is 0.337. The molecule has 22 heavy (non-hydrogen) atoms. The normalized spacial score (nSPS) is 10.0. The van der Waals surface area contributed by atoms with Gasteiger partial charge in [0.1, 0.15) is 0 Å². The molecular formula is C16H20FeO4S-6. The Hall–Kier alpha value is -0.541. The third kappa shape index (κ3) is 17.5. The van der Waals surface area contributed by atoms with Crippen LogP contribution in [0.15, 0.2) is 6.07 Å². The van der Waals surface area contributed by atoms with Gasteiger partial charge < -0.3 is 34.9 Å². The van der Waals surface area contributed by atoms with Crippen LogP contribution in [0.3, 0.4) is 0 Å². The molecule has 0 fully saturated rings. The largest absolute Gasteiger partial charge is 0.999 e. The molecule has 0 aliphatic heterocycles. The topological polar surface area (TPSA) is 79.9 Å². The van der Waals surface area contributed by atoms with Crippen LogP contribution in [-0.2, 0) is 37.5 Å². The molecule has 4 nitrogen and oxygen atoms in total. The van der Waals surface area contributed by atoms with Gasteiger partial charge in [0, 0.05) is 22.8 Å². The molecule has 128 valence electrons. The van der Waals surface area contributed by atoms with E-state index in [1.807, 2.05) is 0 Å². The number of hydrogen-bond acceptors (Lipinski definition) is 2. The van der Waals surface area contributed by atoms with E-state index >= 15 is 0 Å². The maximum absolute atomic E-state index is 10.4. The van der Waals surface area contributed by atoms with Crippen molar-refractivity contribution < 1.29 is 35.1 Å². The molecule has 0 radical (unpaired) electrons. The first-order valence-electron chi connectivity index (χ1n) is 6.39. The molecule has 0 aliphatic carbocycles. The summed E-state index contributed by atoms with van der Waals surface area (Å²) in [5.41, 5.74) is 0.264. The second-order valence-corrected chi connectivity index (χ2v) is 5.02. The van der Waals surface area contributed by atoms with Crippen molar-refractivity contribution in [2.75, 3.05) is 5.75 Å². The van der Waals surface area contributed by atoms with Crippen LogP contribution in [0.4, 0.5) is 0 Å². The van der Waals surface area contributed by atoms with E-state index in [1.54, 1.807) is 6.07 Å². The molecule has 0 saturated carbocycles. The van der Waals surface area contributed by atoms with Crippen molar-refractivity contribution in [1.29, 1.82) is 0 Å². The zero-order valence-electron chi connectivity index (χ0n) is 13.0. The van der Waals surface area contributed by atoms with Crippen LogP contribution in [-0.4, -0.2) is 14.5 Å². The molecule has 1 unspecified atom stereocenters. The fraction of sp³-hybridized carbons (Fsp3) is 0.562. The van der Waals surface area contributed by atoms with Crippen LogP contribution >= 0.6 is 0 Å². The summed E-state index contributed by atoms with van der Waals surface area (Å²) in [6.07, 6.45) is 4.05. The number of rotatable bonds is 6. The van der Waals surface area contributed by atoms with Crippen molar-refractivity contribution in [3.8, 4) is 0 Å². The average Bonchev–Trinajstić information content (AvgIpc) is 3.13. The second-order valence-electron chi connectivity index (χ2n) is 4.00. The Bertz CT molecular complexity index is 325. The predicted molar refractivity (Wildman–Crippen MR) is 76.9 cm³/mol. The summed E-state index contributed by atoms with van der Waals surface area (Å²) < 4.78 is 35.8. The summed E-state index contributed by atoms with van der Waals surface area (Å²) in [6.45, 7) is 15.4. The molecule has 0 bridgehead atoms. The van der Waals surface area contributed by atoms with Gasteiger partial charge in [-0.3, -0.25) is 4.21 Å². The molecule has 1 rings (SSSR count). The molecule has 0 N–H and O–H groups in total. The minimum absolute atomic E-state index is 0. The van der Waals surface area contributed by atoms with Crippen LogP contribution in [0.1, 0.15) is 46.5 Å². The fourth-order valence-electron chi connectivity index (χ4n) is 1.76. The molecule has 6 heteroatoms. The van der Waals surface area contributed by atoms with Crippen molar-refractivity contribution in [2.45, 2.75) is 46.5 Å². The van der Waals surface area contributed by atoms with Crippen LogP contribution in [0.2, 0.25) is 0 Å². The maximum atomic E-state index is 10.4. The molecular weight excluding hydrogens is 344 g/mol. The SMILES string of the molecule is CCC(CC)(CC)CCS(=O)[O-].[C-]#[O+].[C-]#[O+].[Fe].[c-]1[c-][c-][cH-][c-]1. The zero-order chi connectivity index (χ0) is 17.1. The number of hydrogen-bond donors (Lipinski definition) is 0. The third-order valence-electron chi connectivity index (χ3n) is 3.40. The fourth-order valence-corrected chi connectivity index (χ4v) is 2.36. The van der Waals surface area contributed by atoms with Crippen LogP contribution in [0.25, 0.3) is 0 Å². The van der Waals surface area contributed by atoms with E-state index in [0.29, 0.717) is 5.75 Å². The first-order chi connectivity index (χ1) is 10.1.